The van der Waals surface area contributed by atoms with Gasteiger partial charge in [-0.2, -0.15) is 0 Å². The Bertz CT molecular complexity index is 377. The SMILES string of the molecule is C=C1CC=CC=C1OC1=CC=CCC1=C. The van der Waals surface area contributed by atoms with Crippen molar-refractivity contribution in [2.75, 3.05) is 0 Å². The molecule has 2 aliphatic carbocycles. The molecule has 0 aromatic carbocycles. The number of hydrogen-bond acceptors (Lipinski definition) is 1. The first-order valence-corrected chi connectivity index (χ1v) is 5.05. The van der Waals surface area contributed by atoms with Gasteiger partial charge in [0.25, 0.3) is 0 Å². The predicted octanol–water partition coefficient (Wildman–Crippen LogP) is 3.80. The fourth-order valence-corrected chi connectivity index (χ4v) is 1.50. The smallest absolute Gasteiger partial charge is 0.130 e. The van der Waals surface area contributed by atoms with Crippen LogP contribution in [0.15, 0.2) is 72.3 Å². The predicted molar refractivity (Wildman–Crippen MR) is 63.0 cm³/mol. The Morgan fingerprint density at radius 2 is 1.33 bits per heavy atom. The maximum atomic E-state index is 5.78. The maximum absolute atomic E-state index is 5.78. The van der Waals surface area contributed by atoms with Gasteiger partial charge >= 0.3 is 0 Å². The summed E-state index contributed by atoms with van der Waals surface area (Å²) in [7, 11) is 0. The average Bonchev–Trinajstić information content (AvgIpc) is 2.24. The first kappa shape index (κ1) is 9.78. The van der Waals surface area contributed by atoms with E-state index >= 15 is 0 Å². The van der Waals surface area contributed by atoms with Crippen molar-refractivity contribution in [3.63, 3.8) is 0 Å². The molecule has 0 aromatic heterocycles. The van der Waals surface area contributed by atoms with Gasteiger partial charge in [-0.05, 0) is 36.1 Å². The number of ether oxygens (including phenoxy) is 1. The normalized spacial score (nSPS) is 20.0. The van der Waals surface area contributed by atoms with Crippen LogP contribution in [0.1, 0.15) is 12.8 Å². The lowest BCUT2D eigenvalue weighted by Gasteiger charge is -2.18. The molecule has 0 N–H and O–H groups in total. The Kier molecular flexibility index (Phi) is 2.72. The lowest BCUT2D eigenvalue weighted by Crippen LogP contribution is -2.01. The topological polar surface area (TPSA) is 9.23 Å². The second-order valence-electron chi connectivity index (χ2n) is 3.64. The van der Waals surface area contributed by atoms with Gasteiger partial charge in [-0.3, -0.25) is 0 Å². The molecule has 0 radical (unpaired) electrons. The van der Waals surface area contributed by atoms with Crippen molar-refractivity contribution in [3.05, 3.63) is 72.3 Å². The van der Waals surface area contributed by atoms with E-state index in [1.165, 1.54) is 0 Å². The van der Waals surface area contributed by atoms with Crippen molar-refractivity contribution in [2.45, 2.75) is 12.8 Å². The van der Waals surface area contributed by atoms with Crippen molar-refractivity contribution >= 4 is 0 Å². The van der Waals surface area contributed by atoms with E-state index in [-0.39, 0.29) is 0 Å². The quantitative estimate of drug-likeness (QED) is 0.655. The third-order valence-electron chi connectivity index (χ3n) is 2.41. The van der Waals surface area contributed by atoms with Gasteiger partial charge in [-0.1, -0.05) is 37.5 Å². The molecule has 0 saturated heterocycles. The fraction of sp³-hybridized carbons (Fsp3) is 0.143. The molecule has 15 heavy (non-hydrogen) atoms. The molecule has 0 unspecified atom stereocenters. The van der Waals surface area contributed by atoms with Crippen LogP contribution in [-0.2, 0) is 4.74 Å². The van der Waals surface area contributed by atoms with E-state index in [4.69, 9.17) is 4.74 Å². The molecule has 0 fully saturated rings. The Hall–Kier alpha value is -1.76. The molecule has 1 heteroatoms. The highest BCUT2D eigenvalue weighted by molar-refractivity contribution is 5.39. The Labute approximate surface area is 90.4 Å². The Morgan fingerprint density at radius 3 is 1.73 bits per heavy atom. The molecule has 0 saturated carbocycles. The van der Waals surface area contributed by atoms with E-state index in [0.717, 1.165) is 35.5 Å². The van der Waals surface area contributed by atoms with Crippen LogP contribution in [0.3, 0.4) is 0 Å². The minimum atomic E-state index is 0.847. The maximum Gasteiger partial charge on any atom is 0.130 e. The van der Waals surface area contributed by atoms with Gasteiger partial charge < -0.3 is 4.74 Å². The highest BCUT2D eigenvalue weighted by Gasteiger charge is 2.11. The van der Waals surface area contributed by atoms with Gasteiger partial charge in [-0.15, -0.1) is 0 Å². The number of rotatable bonds is 2. The van der Waals surface area contributed by atoms with Crippen LogP contribution in [-0.4, -0.2) is 0 Å². The largest absolute Gasteiger partial charge is 0.457 e. The molecule has 1 nitrogen and oxygen atoms in total. The lowest BCUT2D eigenvalue weighted by atomic mass is 10.1. The third kappa shape index (κ3) is 2.18. The van der Waals surface area contributed by atoms with Crippen molar-refractivity contribution < 1.29 is 4.74 Å². The summed E-state index contributed by atoms with van der Waals surface area (Å²) in [5, 5.41) is 0. The van der Waals surface area contributed by atoms with Gasteiger partial charge in [0.05, 0.1) is 0 Å². The Morgan fingerprint density at radius 1 is 0.867 bits per heavy atom. The van der Waals surface area contributed by atoms with Crippen LogP contribution in [0.4, 0.5) is 0 Å². The molecule has 0 atom stereocenters. The molecule has 0 amide bonds. The van der Waals surface area contributed by atoms with Gasteiger partial charge in [0.1, 0.15) is 11.5 Å². The van der Waals surface area contributed by atoms with Crippen molar-refractivity contribution in [1.29, 1.82) is 0 Å². The van der Waals surface area contributed by atoms with Crippen molar-refractivity contribution in [1.82, 2.24) is 0 Å². The molecule has 76 valence electrons. The average molecular weight is 198 g/mol. The second-order valence-corrected chi connectivity index (χ2v) is 3.64. The molecule has 0 spiro atoms. The summed E-state index contributed by atoms with van der Waals surface area (Å²) in [5.74, 6) is 1.69. The van der Waals surface area contributed by atoms with E-state index in [9.17, 15) is 0 Å². The molecular weight excluding hydrogens is 184 g/mol. The van der Waals surface area contributed by atoms with Crippen molar-refractivity contribution in [2.24, 2.45) is 0 Å². The van der Waals surface area contributed by atoms with E-state index in [2.05, 4.69) is 25.3 Å². The minimum absolute atomic E-state index is 0.847. The highest BCUT2D eigenvalue weighted by atomic mass is 16.5. The summed E-state index contributed by atoms with van der Waals surface area (Å²) in [6.45, 7) is 7.93. The summed E-state index contributed by atoms with van der Waals surface area (Å²) < 4.78 is 5.78. The highest BCUT2D eigenvalue weighted by Crippen LogP contribution is 2.26. The van der Waals surface area contributed by atoms with E-state index in [1.807, 2.05) is 24.3 Å². The van der Waals surface area contributed by atoms with Crippen LogP contribution >= 0.6 is 0 Å². The summed E-state index contributed by atoms with van der Waals surface area (Å²) in [6, 6.07) is 0. The Balaban J connectivity index is 2.14. The molecule has 0 heterocycles. The van der Waals surface area contributed by atoms with E-state index in [1.54, 1.807) is 0 Å². The third-order valence-corrected chi connectivity index (χ3v) is 2.41. The standard InChI is InChI=1S/C14H14O/c1-11-7-3-5-9-13(11)15-14-10-6-4-8-12(14)2/h3-6,9-10H,1-2,7-8H2. The van der Waals surface area contributed by atoms with E-state index < -0.39 is 0 Å². The zero-order chi connectivity index (χ0) is 10.7. The van der Waals surface area contributed by atoms with Gasteiger partial charge in [0.2, 0.25) is 0 Å². The molecule has 2 rings (SSSR count). The van der Waals surface area contributed by atoms with Gasteiger partial charge in [0.15, 0.2) is 0 Å². The molecule has 0 bridgehead atoms. The van der Waals surface area contributed by atoms with Crippen molar-refractivity contribution in [3.8, 4) is 0 Å². The zero-order valence-electron chi connectivity index (χ0n) is 8.70. The van der Waals surface area contributed by atoms with Crippen LogP contribution in [0.5, 0.6) is 0 Å². The summed E-state index contributed by atoms with van der Waals surface area (Å²) in [6.07, 6.45) is 13.7. The monoisotopic (exact) mass is 198 g/mol. The van der Waals surface area contributed by atoms with Crippen LogP contribution in [0.25, 0.3) is 0 Å². The fourth-order valence-electron chi connectivity index (χ4n) is 1.50. The second kappa shape index (κ2) is 4.18. The van der Waals surface area contributed by atoms with Crippen LogP contribution < -0.4 is 0 Å². The minimum Gasteiger partial charge on any atom is -0.457 e. The molecule has 0 aromatic rings. The van der Waals surface area contributed by atoms with Gasteiger partial charge in [-0.25, -0.2) is 0 Å². The van der Waals surface area contributed by atoms with E-state index in [0.29, 0.717) is 0 Å². The first-order chi connectivity index (χ1) is 7.27. The summed E-state index contributed by atoms with van der Waals surface area (Å²) in [5.41, 5.74) is 2.03. The lowest BCUT2D eigenvalue weighted by molar-refractivity contribution is 0.320. The molecular formula is C14H14O. The molecule has 2 aliphatic rings. The van der Waals surface area contributed by atoms with Crippen LogP contribution in [0, 0.1) is 0 Å². The number of allylic oxidation sites excluding steroid dienone is 8. The summed E-state index contributed by atoms with van der Waals surface area (Å²) >= 11 is 0. The van der Waals surface area contributed by atoms with Gasteiger partial charge in [0, 0.05) is 0 Å². The molecule has 0 aliphatic heterocycles. The first-order valence-electron chi connectivity index (χ1n) is 5.05. The zero-order valence-corrected chi connectivity index (χ0v) is 8.70. The number of hydrogen-bond donors (Lipinski definition) is 0. The van der Waals surface area contributed by atoms with Crippen LogP contribution in [0.2, 0.25) is 0 Å². The summed E-state index contributed by atoms with van der Waals surface area (Å²) in [4.78, 5) is 0.